The first-order chi connectivity index (χ1) is 10.6. The Morgan fingerprint density at radius 2 is 1.91 bits per heavy atom. The van der Waals surface area contributed by atoms with Crippen LogP contribution in [0.5, 0.6) is 0 Å². The van der Waals surface area contributed by atoms with Gasteiger partial charge in [-0.1, -0.05) is 11.6 Å². The summed E-state index contributed by atoms with van der Waals surface area (Å²) in [6, 6.07) is 0. The third-order valence-corrected chi connectivity index (χ3v) is 4.04. The molecule has 0 saturated heterocycles. The fourth-order valence-corrected chi connectivity index (χ4v) is 2.73. The summed E-state index contributed by atoms with van der Waals surface area (Å²) >= 11 is 0. The zero-order chi connectivity index (χ0) is 15.7. The Balaban J connectivity index is 1.89. The van der Waals surface area contributed by atoms with Crippen molar-refractivity contribution in [2.75, 3.05) is 0 Å². The predicted octanol–water partition coefficient (Wildman–Crippen LogP) is 0.728. The van der Waals surface area contributed by atoms with Gasteiger partial charge in [-0.15, -0.1) is 0 Å². The lowest BCUT2D eigenvalue weighted by Gasteiger charge is -2.11. The fourth-order valence-electron chi connectivity index (χ4n) is 2.73. The van der Waals surface area contributed by atoms with E-state index in [9.17, 15) is 9.59 Å². The molecule has 118 valence electrons. The molecule has 22 heavy (non-hydrogen) atoms. The highest BCUT2D eigenvalue weighted by Crippen LogP contribution is 2.15. The van der Waals surface area contributed by atoms with E-state index in [-0.39, 0.29) is 12.3 Å². The van der Waals surface area contributed by atoms with Crippen LogP contribution < -0.4 is 11.2 Å². The number of aromatic nitrogens is 4. The molecular weight excluding hydrogens is 286 g/mol. The van der Waals surface area contributed by atoms with Crippen molar-refractivity contribution in [2.24, 2.45) is 19.3 Å². The molecule has 0 radical (unpaired) electrons. The molecule has 1 fully saturated rings. The quantitative estimate of drug-likeness (QED) is 0.783. The summed E-state index contributed by atoms with van der Waals surface area (Å²) in [5.41, 5.74) is 0.974. The largest absolute Gasteiger partial charge is 0.374 e. The summed E-state index contributed by atoms with van der Waals surface area (Å²) in [5.74, 6) is 0. The summed E-state index contributed by atoms with van der Waals surface area (Å²) in [6.07, 6.45) is 6.99. The Morgan fingerprint density at radius 3 is 2.64 bits per heavy atom. The van der Waals surface area contributed by atoms with E-state index in [1.807, 2.05) is 0 Å². The number of imidazole rings is 1. The average Bonchev–Trinajstić information content (AvgIpc) is 2.96. The highest BCUT2D eigenvalue weighted by molar-refractivity contribution is 5.84. The molecule has 8 nitrogen and oxygen atoms in total. The number of hydrogen-bond acceptors (Lipinski definition) is 5. The minimum atomic E-state index is -0.397. The molecule has 0 aromatic carbocycles. The number of aryl methyl sites for hydroxylation is 1. The SMILES string of the molecule is Cn1c(=O)c2c(ncn2CON=C2CCCCC2)n(C)c1=O. The Labute approximate surface area is 126 Å². The van der Waals surface area contributed by atoms with E-state index in [0.717, 1.165) is 36.0 Å². The van der Waals surface area contributed by atoms with E-state index < -0.39 is 5.69 Å². The van der Waals surface area contributed by atoms with Gasteiger partial charge in [0.25, 0.3) is 5.56 Å². The number of fused-ring (bicyclic) bond motifs is 1. The Kier molecular flexibility index (Phi) is 3.82. The van der Waals surface area contributed by atoms with Crippen molar-refractivity contribution in [1.29, 1.82) is 0 Å². The van der Waals surface area contributed by atoms with Crippen LogP contribution in [-0.4, -0.2) is 24.4 Å². The summed E-state index contributed by atoms with van der Waals surface area (Å²) in [6.45, 7) is 0.105. The highest BCUT2D eigenvalue weighted by Gasteiger charge is 2.14. The van der Waals surface area contributed by atoms with Gasteiger partial charge in [0.1, 0.15) is 6.33 Å². The zero-order valence-corrected chi connectivity index (χ0v) is 12.8. The number of hydrogen-bond donors (Lipinski definition) is 0. The van der Waals surface area contributed by atoms with Crippen LogP contribution in [0.2, 0.25) is 0 Å². The van der Waals surface area contributed by atoms with Gasteiger partial charge >= 0.3 is 5.69 Å². The molecule has 8 heteroatoms. The van der Waals surface area contributed by atoms with Crippen LogP contribution in [-0.2, 0) is 25.7 Å². The average molecular weight is 305 g/mol. The second-order valence-corrected chi connectivity index (χ2v) is 5.57. The lowest BCUT2D eigenvalue weighted by molar-refractivity contribution is 0.0850. The number of oxime groups is 1. The topological polar surface area (TPSA) is 83.4 Å². The van der Waals surface area contributed by atoms with Gasteiger partial charge in [-0.05, 0) is 25.7 Å². The predicted molar refractivity (Wildman–Crippen MR) is 81.8 cm³/mol. The first-order valence-corrected chi connectivity index (χ1v) is 7.38. The van der Waals surface area contributed by atoms with Gasteiger partial charge in [-0.2, -0.15) is 0 Å². The maximum atomic E-state index is 12.2. The van der Waals surface area contributed by atoms with Crippen molar-refractivity contribution in [3.8, 4) is 0 Å². The second kappa shape index (κ2) is 5.78. The lowest BCUT2D eigenvalue weighted by atomic mass is 9.99. The maximum Gasteiger partial charge on any atom is 0.332 e. The van der Waals surface area contributed by atoms with Gasteiger partial charge in [0, 0.05) is 14.1 Å². The van der Waals surface area contributed by atoms with E-state index in [4.69, 9.17) is 4.84 Å². The molecule has 0 unspecified atom stereocenters. The van der Waals surface area contributed by atoms with E-state index in [1.54, 1.807) is 11.6 Å². The smallest absolute Gasteiger partial charge is 0.332 e. The molecule has 0 aliphatic heterocycles. The fraction of sp³-hybridized carbons (Fsp3) is 0.571. The molecule has 0 bridgehead atoms. The minimum absolute atomic E-state index is 0.105. The van der Waals surface area contributed by atoms with E-state index in [0.29, 0.717) is 11.2 Å². The Morgan fingerprint density at radius 1 is 1.18 bits per heavy atom. The monoisotopic (exact) mass is 305 g/mol. The van der Waals surface area contributed by atoms with Crippen LogP contribution in [0.4, 0.5) is 0 Å². The summed E-state index contributed by atoms with van der Waals surface area (Å²) in [5, 5.41) is 4.15. The summed E-state index contributed by atoms with van der Waals surface area (Å²) in [7, 11) is 3.04. The molecular formula is C14H19N5O3. The van der Waals surface area contributed by atoms with Crippen molar-refractivity contribution < 1.29 is 4.84 Å². The first kappa shape index (κ1) is 14.6. The maximum absolute atomic E-state index is 12.2. The van der Waals surface area contributed by atoms with Gasteiger partial charge in [-0.25, -0.2) is 9.78 Å². The van der Waals surface area contributed by atoms with E-state index in [1.165, 1.54) is 24.4 Å². The number of rotatable bonds is 3. The highest BCUT2D eigenvalue weighted by atomic mass is 16.6. The van der Waals surface area contributed by atoms with Crippen molar-refractivity contribution in [2.45, 2.75) is 38.8 Å². The normalized spacial score (nSPS) is 15.3. The molecule has 1 saturated carbocycles. The second-order valence-electron chi connectivity index (χ2n) is 5.57. The van der Waals surface area contributed by atoms with Crippen molar-refractivity contribution in [3.05, 3.63) is 27.2 Å². The van der Waals surface area contributed by atoms with Gasteiger partial charge in [-0.3, -0.25) is 18.5 Å². The van der Waals surface area contributed by atoms with Gasteiger partial charge in [0.2, 0.25) is 0 Å². The molecule has 1 aliphatic rings. The van der Waals surface area contributed by atoms with E-state index in [2.05, 4.69) is 10.1 Å². The molecule has 1 aliphatic carbocycles. The van der Waals surface area contributed by atoms with Crippen molar-refractivity contribution >= 4 is 16.9 Å². The Bertz CT molecular complexity index is 835. The van der Waals surface area contributed by atoms with Crippen LogP contribution in [0.15, 0.2) is 21.1 Å². The summed E-state index contributed by atoms with van der Waals surface area (Å²) < 4.78 is 3.98. The first-order valence-electron chi connectivity index (χ1n) is 7.38. The third-order valence-electron chi connectivity index (χ3n) is 4.04. The van der Waals surface area contributed by atoms with Crippen LogP contribution in [0.25, 0.3) is 11.2 Å². The molecule has 0 spiro atoms. The number of nitrogens with zero attached hydrogens (tertiary/aromatic N) is 5. The Hall–Kier alpha value is -2.38. The molecule has 0 amide bonds. The molecule has 0 atom stereocenters. The van der Waals surface area contributed by atoms with Crippen LogP contribution in [0.3, 0.4) is 0 Å². The standard InChI is InChI=1S/C14H19N5O3/c1-17-12-11(13(20)18(2)14(17)21)19(8-15-12)9-22-16-10-6-4-3-5-7-10/h8H,3-7,9H2,1-2H3. The zero-order valence-electron chi connectivity index (χ0n) is 12.8. The molecule has 2 aromatic heterocycles. The molecule has 3 rings (SSSR count). The third kappa shape index (κ3) is 2.44. The van der Waals surface area contributed by atoms with Crippen molar-refractivity contribution in [3.63, 3.8) is 0 Å². The van der Waals surface area contributed by atoms with Gasteiger partial charge in [0.15, 0.2) is 17.9 Å². The lowest BCUT2D eigenvalue weighted by Crippen LogP contribution is -2.37. The minimum Gasteiger partial charge on any atom is -0.374 e. The van der Waals surface area contributed by atoms with Crippen molar-refractivity contribution in [1.82, 2.24) is 18.7 Å². The summed E-state index contributed by atoms with van der Waals surface area (Å²) in [4.78, 5) is 33.6. The molecule has 0 N–H and O–H groups in total. The van der Waals surface area contributed by atoms with E-state index >= 15 is 0 Å². The van der Waals surface area contributed by atoms with Crippen LogP contribution in [0, 0.1) is 0 Å². The molecule has 2 heterocycles. The van der Waals surface area contributed by atoms with Crippen LogP contribution >= 0.6 is 0 Å². The van der Waals surface area contributed by atoms with Crippen LogP contribution in [0.1, 0.15) is 32.1 Å². The van der Waals surface area contributed by atoms with Gasteiger partial charge < -0.3 is 4.84 Å². The molecule has 2 aromatic rings. The van der Waals surface area contributed by atoms with Gasteiger partial charge in [0.05, 0.1) is 5.71 Å².